The van der Waals surface area contributed by atoms with Gasteiger partial charge in [-0.1, -0.05) is 0 Å². The average Bonchev–Trinajstić information content (AvgIpc) is 2.61. The Hall–Kier alpha value is -0.590. The van der Waals surface area contributed by atoms with Crippen molar-refractivity contribution >= 4 is 0 Å². The molecule has 0 radical (unpaired) electrons. The lowest BCUT2D eigenvalue weighted by molar-refractivity contribution is -0.0474. The van der Waals surface area contributed by atoms with Crippen molar-refractivity contribution in [1.29, 1.82) is 5.26 Å². The molecular weight excluding hydrogens is 178 g/mol. The summed E-state index contributed by atoms with van der Waals surface area (Å²) >= 11 is 0. The van der Waals surface area contributed by atoms with Crippen molar-refractivity contribution in [2.45, 2.75) is 44.1 Å². The van der Waals surface area contributed by atoms with Gasteiger partial charge in [0.2, 0.25) is 0 Å². The molecule has 0 aromatic carbocycles. The number of aliphatic hydroxyl groups is 1. The van der Waals surface area contributed by atoms with Gasteiger partial charge >= 0.3 is 0 Å². The minimum atomic E-state index is -0.452. The molecule has 2 rings (SSSR count). The van der Waals surface area contributed by atoms with Crippen LogP contribution in [0.15, 0.2) is 0 Å². The van der Waals surface area contributed by atoms with Crippen LogP contribution in [0.4, 0.5) is 0 Å². The highest BCUT2D eigenvalue weighted by Crippen LogP contribution is 2.41. The third-order valence-electron chi connectivity index (χ3n) is 3.69. The fourth-order valence-electron chi connectivity index (χ4n) is 2.26. The molecule has 1 aliphatic carbocycles. The first kappa shape index (κ1) is 9.95. The lowest BCUT2D eigenvalue weighted by Gasteiger charge is -2.38. The van der Waals surface area contributed by atoms with Crippen LogP contribution in [0.1, 0.15) is 38.5 Å². The van der Waals surface area contributed by atoms with E-state index in [1.165, 1.54) is 0 Å². The largest absolute Gasteiger partial charge is 0.390 e. The molecule has 1 saturated carbocycles. The zero-order chi connectivity index (χ0) is 10.1. The van der Waals surface area contributed by atoms with E-state index < -0.39 is 5.60 Å². The Morgan fingerprint density at radius 2 is 2.07 bits per heavy atom. The smallest absolute Gasteiger partial charge is 0.0829 e. The lowest BCUT2D eigenvalue weighted by Crippen LogP contribution is -2.38. The Balaban J connectivity index is 1.86. The number of nitriles is 1. The summed E-state index contributed by atoms with van der Waals surface area (Å²) in [7, 11) is 0. The van der Waals surface area contributed by atoms with Crippen LogP contribution in [0.3, 0.4) is 0 Å². The van der Waals surface area contributed by atoms with Gasteiger partial charge in [0.15, 0.2) is 0 Å². The second kappa shape index (κ2) is 3.52. The van der Waals surface area contributed by atoms with E-state index in [4.69, 9.17) is 10.00 Å². The van der Waals surface area contributed by atoms with Gasteiger partial charge in [0.1, 0.15) is 0 Å². The molecule has 0 bridgehead atoms. The maximum Gasteiger partial charge on any atom is 0.0829 e. The van der Waals surface area contributed by atoms with Crippen LogP contribution >= 0.6 is 0 Å². The Morgan fingerprint density at radius 3 is 2.50 bits per heavy atom. The minimum absolute atomic E-state index is 0.300. The van der Waals surface area contributed by atoms with Crippen molar-refractivity contribution in [1.82, 2.24) is 0 Å². The van der Waals surface area contributed by atoms with Gasteiger partial charge in [0, 0.05) is 6.61 Å². The summed E-state index contributed by atoms with van der Waals surface area (Å²) in [6.45, 7) is 1.26. The molecule has 0 aromatic rings. The first-order valence-electron chi connectivity index (χ1n) is 5.40. The summed E-state index contributed by atoms with van der Waals surface area (Å²) < 4.78 is 5.26. The normalized spacial score (nSPS) is 34.9. The predicted octanol–water partition coefficient (Wildman–Crippen LogP) is 1.61. The topological polar surface area (TPSA) is 53.2 Å². The van der Waals surface area contributed by atoms with Gasteiger partial charge in [-0.15, -0.1) is 0 Å². The number of ether oxygens (including phenoxy) is 1. The predicted molar refractivity (Wildman–Crippen MR) is 51.5 cm³/mol. The van der Waals surface area contributed by atoms with Crippen LogP contribution in [0.2, 0.25) is 0 Å². The summed E-state index contributed by atoms with van der Waals surface area (Å²) in [5, 5.41) is 19.0. The van der Waals surface area contributed by atoms with Crippen molar-refractivity contribution < 1.29 is 9.84 Å². The van der Waals surface area contributed by atoms with Crippen molar-refractivity contribution in [3.05, 3.63) is 0 Å². The quantitative estimate of drug-likeness (QED) is 0.744. The summed E-state index contributed by atoms with van der Waals surface area (Å²) in [6.07, 6.45) is 5.35. The lowest BCUT2D eigenvalue weighted by atomic mass is 9.72. The zero-order valence-electron chi connectivity index (χ0n) is 8.46. The molecule has 3 nitrogen and oxygen atoms in total. The van der Waals surface area contributed by atoms with Gasteiger partial charge in [0.25, 0.3) is 0 Å². The monoisotopic (exact) mass is 195 g/mol. The standard InChI is InChI=1S/C11H17NO2/c12-8-10(6-7-14-9-10)4-5-11(13)2-1-3-11/h13H,1-7,9H2. The van der Waals surface area contributed by atoms with Crippen LogP contribution in [0, 0.1) is 16.7 Å². The molecule has 78 valence electrons. The maximum absolute atomic E-state index is 9.93. The van der Waals surface area contributed by atoms with Gasteiger partial charge in [0.05, 0.1) is 23.7 Å². The molecule has 14 heavy (non-hydrogen) atoms. The van der Waals surface area contributed by atoms with E-state index in [0.29, 0.717) is 13.2 Å². The van der Waals surface area contributed by atoms with E-state index in [-0.39, 0.29) is 5.41 Å². The fourth-order valence-corrected chi connectivity index (χ4v) is 2.26. The molecule has 0 aromatic heterocycles. The summed E-state index contributed by atoms with van der Waals surface area (Å²) in [5.41, 5.74) is -0.752. The second-order valence-electron chi connectivity index (χ2n) is 4.77. The molecule has 1 N–H and O–H groups in total. The van der Waals surface area contributed by atoms with E-state index in [2.05, 4.69) is 6.07 Å². The third-order valence-corrected chi connectivity index (χ3v) is 3.69. The molecule has 2 aliphatic rings. The highest BCUT2D eigenvalue weighted by Gasteiger charge is 2.40. The Labute approximate surface area is 84.7 Å². The minimum Gasteiger partial charge on any atom is -0.390 e. The molecule has 1 unspecified atom stereocenters. The molecule has 0 spiro atoms. The summed E-state index contributed by atoms with van der Waals surface area (Å²) in [4.78, 5) is 0. The highest BCUT2D eigenvalue weighted by molar-refractivity contribution is 5.03. The maximum atomic E-state index is 9.93. The average molecular weight is 195 g/mol. The van der Waals surface area contributed by atoms with Gasteiger partial charge in [-0.2, -0.15) is 5.26 Å². The number of hydrogen-bond acceptors (Lipinski definition) is 3. The Bertz CT molecular complexity index is 247. The van der Waals surface area contributed by atoms with E-state index >= 15 is 0 Å². The number of hydrogen-bond donors (Lipinski definition) is 1. The zero-order valence-corrected chi connectivity index (χ0v) is 8.46. The second-order valence-corrected chi connectivity index (χ2v) is 4.77. The first-order valence-corrected chi connectivity index (χ1v) is 5.40. The van der Waals surface area contributed by atoms with Crippen LogP contribution in [-0.2, 0) is 4.74 Å². The Morgan fingerprint density at radius 1 is 1.29 bits per heavy atom. The molecule has 1 saturated heterocycles. The van der Waals surface area contributed by atoms with Gasteiger partial charge in [-0.25, -0.2) is 0 Å². The summed E-state index contributed by atoms with van der Waals surface area (Å²) in [5.74, 6) is 0. The first-order chi connectivity index (χ1) is 6.68. The van der Waals surface area contributed by atoms with Crippen molar-refractivity contribution in [2.24, 2.45) is 5.41 Å². The fraction of sp³-hybridized carbons (Fsp3) is 0.909. The van der Waals surface area contributed by atoms with Crippen LogP contribution in [0.5, 0.6) is 0 Å². The van der Waals surface area contributed by atoms with E-state index in [1.54, 1.807) is 0 Å². The molecule has 1 atom stereocenters. The van der Waals surface area contributed by atoms with E-state index in [0.717, 1.165) is 38.5 Å². The summed E-state index contributed by atoms with van der Waals surface area (Å²) in [6, 6.07) is 2.36. The molecule has 0 amide bonds. The van der Waals surface area contributed by atoms with Gasteiger partial charge < -0.3 is 9.84 Å². The SMILES string of the molecule is N#CC1(CCC2(O)CCC2)CCOC1. The molecular formula is C11H17NO2. The highest BCUT2D eigenvalue weighted by atomic mass is 16.5. The number of rotatable bonds is 3. The van der Waals surface area contributed by atoms with Crippen LogP contribution in [-0.4, -0.2) is 23.9 Å². The molecule has 2 fully saturated rings. The van der Waals surface area contributed by atoms with Crippen LogP contribution in [0.25, 0.3) is 0 Å². The molecule has 1 heterocycles. The molecule has 3 heteroatoms. The van der Waals surface area contributed by atoms with Crippen molar-refractivity contribution in [3.63, 3.8) is 0 Å². The van der Waals surface area contributed by atoms with Gasteiger partial charge in [-0.05, 0) is 38.5 Å². The Kier molecular flexibility index (Phi) is 2.50. The van der Waals surface area contributed by atoms with E-state index in [9.17, 15) is 5.11 Å². The van der Waals surface area contributed by atoms with Crippen molar-refractivity contribution in [2.75, 3.05) is 13.2 Å². The molecule has 1 aliphatic heterocycles. The van der Waals surface area contributed by atoms with Gasteiger partial charge in [-0.3, -0.25) is 0 Å². The van der Waals surface area contributed by atoms with Crippen molar-refractivity contribution in [3.8, 4) is 6.07 Å². The number of nitrogens with zero attached hydrogens (tertiary/aromatic N) is 1. The van der Waals surface area contributed by atoms with E-state index in [1.807, 2.05) is 0 Å². The third kappa shape index (κ3) is 1.77. The van der Waals surface area contributed by atoms with Crippen LogP contribution < -0.4 is 0 Å².